The van der Waals surface area contributed by atoms with Crippen LogP contribution in [0.1, 0.15) is 76.3 Å². The van der Waals surface area contributed by atoms with Crippen molar-refractivity contribution in [3.63, 3.8) is 0 Å². The first kappa shape index (κ1) is 52.6. The lowest BCUT2D eigenvalue weighted by Crippen LogP contribution is -2.34. The van der Waals surface area contributed by atoms with Crippen LogP contribution in [-0.4, -0.2) is 126 Å². The average Bonchev–Trinajstić information content (AvgIpc) is 3.62. The van der Waals surface area contributed by atoms with E-state index in [1.54, 1.807) is 19.2 Å². The number of hydrogen-bond donors (Lipinski definition) is 5. The summed E-state index contributed by atoms with van der Waals surface area (Å²) in [7, 11) is -4.44. The van der Waals surface area contributed by atoms with Gasteiger partial charge in [-0.3, -0.25) is 23.5 Å². The zero-order chi connectivity index (χ0) is 47.8. The predicted octanol–water partition coefficient (Wildman–Crippen LogP) is 5.24. The van der Waals surface area contributed by atoms with Gasteiger partial charge in [0.05, 0.1) is 35.0 Å². The van der Waals surface area contributed by atoms with E-state index in [0.717, 1.165) is 17.1 Å². The van der Waals surface area contributed by atoms with E-state index < -0.39 is 37.0 Å². The lowest BCUT2D eigenvalue weighted by Gasteiger charge is -2.30. The number of methoxy groups -OCH3 is 3. The zero-order valence-electron chi connectivity index (χ0n) is 37.7. The molecule has 19 heteroatoms. The molecule has 4 rings (SSSR count). The van der Waals surface area contributed by atoms with Crippen molar-refractivity contribution in [3.8, 4) is 0 Å². The maximum Gasteiger partial charge on any atom is 0.303 e. The van der Waals surface area contributed by atoms with E-state index in [1.165, 1.54) is 38.5 Å². The van der Waals surface area contributed by atoms with E-state index in [9.17, 15) is 40.3 Å². The van der Waals surface area contributed by atoms with E-state index in [4.69, 9.17) is 19.3 Å². The number of amides is 2. The Morgan fingerprint density at radius 1 is 0.708 bits per heavy atom. The van der Waals surface area contributed by atoms with Crippen molar-refractivity contribution in [1.82, 2.24) is 10.6 Å². The molecule has 2 aliphatic rings. The van der Waals surface area contributed by atoms with Gasteiger partial charge in [-0.1, -0.05) is 30.4 Å². The van der Waals surface area contributed by atoms with Crippen molar-refractivity contribution in [3.05, 3.63) is 95.8 Å². The summed E-state index contributed by atoms with van der Waals surface area (Å²) in [6.45, 7) is 6.43. The highest BCUT2D eigenvalue weighted by Crippen LogP contribution is 2.51. The molecular weight excluding hydrogens is 881 g/mol. The molecule has 0 bridgehead atoms. The van der Waals surface area contributed by atoms with Gasteiger partial charge in [0.25, 0.3) is 20.2 Å². The fourth-order valence-electron chi connectivity index (χ4n) is 8.27. The molecule has 0 saturated carbocycles. The summed E-state index contributed by atoms with van der Waals surface area (Å²) in [5.41, 5.74) is 2.50. The number of hydrogen-bond acceptors (Lipinski definition) is 11. The van der Waals surface area contributed by atoms with Crippen molar-refractivity contribution < 1.29 is 64.2 Å². The third-order valence-corrected chi connectivity index (χ3v) is 13.4. The number of anilines is 1. The molecule has 2 unspecified atom stereocenters. The maximum atomic E-state index is 13.0. The topological polar surface area (TPSA) is 238 Å². The lowest BCUT2D eigenvalue weighted by atomic mass is 9.75. The number of carboxylic acid groups (broad SMARTS) is 1. The molecular formula is C46H63N4O13S2+. The maximum absolute atomic E-state index is 13.0. The van der Waals surface area contributed by atoms with Crippen LogP contribution in [0, 0.1) is 0 Å². The molecule has 2 aliphatic heterocycles. The number of carboxylic acids is 1. The van der Waals surface area contributed by atoms with Crippen LogP contribution >= 0.6 is 0 Å². The van der Waals surface area contributed by atoms with Gasteiger partial charge in [0, 0.05) is 101 Å². The number of fused-ring (bicyclic) bond motifs is 2. The predicted molar refractivity (Wildman–Crippen MR) is 246 cm³/mol. The quantitative estimate of drug-likeness (QED) is 0.0333. The molecule has 2 atom stereocenters. The summed E-state index contributed by atoms with van der Waals surface area (Å²) >= 11 is 0. The Morgan fingerprint density at radius 2 is 1.26 bits per heavy atom. The minimum absolute atomic E-state index is 0.0362. The summed E-state index contributed by atoms with van der Waals surface area (Å²) in [6.07, 6.45) is 15.5. The number of carbonyl (C=O) groups is 3. The van der Waals surface area contributed by atoms with Crippen LogP contribution in [-0.2, 0) is 59.7 Å². The second kappa shape index (κ2) is 24.0. The van der Waals surface area contributed by atoms with Crippen molar-refractivity contribution in [2.75, 3.05) is 72.2 Å². The molecule has 0 fully saturated rings. The highest BCUT2D eigenvalue weighted by Gasteiger charge is 2.48. The van der Waals surface area contributed by atoms with Crippen molar-refractivity contribution in [2.45, 2.75) is 85.8 Å². The smallest absolute Gasteiger partial charge is 0.303 e. The Kier molecular flexibility index (Phi) is 19.4. The van der Waals surface area contributed by atoms with Gasteiger partial charge in [-0.15, -0.1) is 0 Å². The molecule has 0 aliphatic carbocycles. The largest absolute Gasteiger partial charge is 0.481 e. The van der Waals surface area contributed by atoms with Crippen LogP contribution in [0.5, 0.6) is 0 Å². The number of rotatable bonds is 27. The molecule has 17 nitrogen and oxygen atoms in total. The number of nitrogens with zero attached hydrogens (tertiary/aromatic N) is 2. The lowest BCUT2D eigenvalue weighted by molar-refractivity contribution is -0.438. The summed E-state index contributed by atoms with van der Waals surface area (Å²) in [5.74, 6) is -1.29. The molecule has 356 valence electrons. The Morgan fingerprint density at radius 3 is 1.85 bits per heavy atom. The minimum Gasteiger partial charge on any atom is -0.481 e. The first-order chi connectivity index (χ1) is 30.8. The number of ether oxygens (including phenoxy) is 3. The second-order valence-electron chi connectivity index (χ2n) is 16.2. The van der Waals surface area contributed by atoms with Crippen LogP contribution in [0.4, 0.5) is 11.4 Å². The fourth-order valence-corrected chi connectivity index (χ4v) is 9.29. The van der Waals surface area contributed by atoms with Gasteiger partial charge in [-0.05, 0) is 81.5 Å². The van der Waals surface area contributed by atoms with Gasteiger partial charge in [0.2, 0.25) is 17.5 Å². The molecule has 0 aromatic heterocycles. The van der Waals surface area contributed by atoms with E-state index in [0.29, 0.717) is 94.9 Å². The molecule has 5 N–H and O–H groups in total. The highest BCUT2D eigenvalue weighted by molar-refractivity contribution is 7.86. The first-order valence-corrected chi connectivity index (χ1v) is 24.3. The van der Waals surface area contributed by atoms with E-state index in [2.05, 4.69) is 15.2 Å². The van der Waals surface area contributed by atoms with Crippen LogP contribution in [0.15, 0.2) is 94.4 Å². The number of unbranched alkanes of at least 4 members (excludes halogenated alkanes) is 2. The molecule has 2 amide bonds. The molecule has 0 spiro atoms. The molecule has 2 aromatic rings. The number of aliphatic carboxylic acids is 1. The number of carbonyl (C=O) groups excluding carboxylic acids is 2. The van der Waals surface area contributed by atoms with Crippen LogP contribution in [0.2, 0.25) is 0 Å². The summed E-state index contributed by atoms with van der Waals surface area (Å²) in [6, 6.07) is 8.86. The van der Waals surface area contributed by atoms with E-state index in [1.807, 2.05) is 61.3 Å². The Bertz CT molecular complexity index is 2410. The molecule has 2 aromatic carbocycles. The normalized spacial score (nSPS) is 19.2. The highest BCUT2D eigenvalue weighted by atomic mass is 32.2. The van der Waals surface area contributed by atoms with Gasteiger partial charge < -0.3 is 34.9 Å². The van der Waals surface area contributed by atoms with Gasteiger partial charge in [-0.25, -0.2) is 0 Å². The van der Waals surface area contributed by atoms with Gasteiger partial charge in [0.15, 0.2) is 5.71 Å². The van der Waals surface area contributed by atoms with Crippen LogP contribution in [0.3, 0.4) is 0 Å². The second-order valence-corrected chi connectivity index (χ2v) is 19.1. The first-order valence-electron chi connectivity index (χ1n) is 21.4. The van der Waals surface area contributed by atoms with Crippen molar-refractivity contribution in [1.29, 1.82) is 0 Å². The van der Waals surface area contributed by atoms with Crippen molar-refractivity contribution >= 4 is 55.1 Å². The van der Waals surface area contributed by atoms with Gasteiger partial charge in [-0.2, -0.15) is 21.4 Å². The third kappa shape index (κ3) is 14.0. The molecule has 0 radical (unpaired) electrons. The Hall–Kier alpha value is -5.02. The van der Waals surface area contributed by atoms with E-state index >= 15 is 0 Å². The fraction of sp³-hybridized carbons (Fsp3) is 0.478. The summed E-state index contributed by atoms with van der Waals surface area (Å²) in [4.78, 5) is 38.5. The van der Waals surface area contributed by atoms with E-state index in [-0.39, 0.29) is 40.9 Å². The zero-order valence-corrected chi connectivity index (χ0v) is 39.4. The van der Waals surface area contributed by atoms with Gasteiger partial charge >= 0.3 is 5.97 Å². The molecule has 2 heterocycles. The Labute approximate surface area is 382 Å². The Balaban J connectivity index is 1.72. The SMILES string of the molecule is COCCNC(=O)CCC1(C)C(=CC=CC=CC=CC2=[N+](CCCCCC(=O)O)c3ccc(S(=O)(=O)O)cc3C2(C)CCC(=O)NCCOC)N(CCOC)c2ccc(S(=O)(=O)O)cc21. The molecule has 0 saturated heterocycles. The minimum atomic E-state index is -4.56. The monoisotopic (exact) mass is 943 g/mol. The average molecular weight is 944 g/mol. The van der Waals surface area contributed by atoms with Crippen LogP contribution in [0.25, 0.3) is 0 Å². The van der Waals surface area contributed by atoms with Crippen LogP contribution < -0.4 is 15.5 Å². The van der Waals surface area contributed by atoms with Gasteiger partial charge in [0.1, 0.15) is 6.54 Å². The summed E-state index contributed by atoms with van der Waals surface area (Å²) in [5, 5.41) is 14.8. The number of allylic oxidation sites excluding steroid dienone is 8. The standard InChI is InChI=1S/C46H62N4O13S2/c1-45(23-21-42(51)47-25-29-61-3)36-32-34(64(55,56)57)17-19-38(36)49(27-13-9-12-16-44(53)54)40(45)14-10-7-6-8-11-15-41-46(2,24-22-43(52)48-26-30-62-4)37-33-35(65(58,59)60)18-20-39(37)50(41)28-31-63-5/h6-8,10-11,14-15,17-20,32-33H,9,12-13,16,21-31H2,1-5H3,(H4-,47,48,51,52,53,54,55,56,57,58,59,60)/p+1. The number of benzene rings is 2. The van der Waals surface area contributed by atoms with Crippen molar-refractivity contribution in [2.24, 2.45) is 0 Å². The number of nitrogens with one attached hydrogen (secondary N) is 2. The molecule has 65 heavy (non-hydrogen) atoms. The summed E-state index contributed by atoms with van der Waals surface area (Å²) < 4.78 is 86.7. The third-order valence-electron chi connectivity index (χ3n) is 11.7.